The van der Waals surface area contributed by atoms with Gasteiger partial charge in [-0.1, -0.05) is 17.7 Å². The third-order valence-corrected chi connectivity index (χ3v) is 5.64. The van der Waals surface area contributed by atoms with E-state index in [4.69, 9.17) is 16.3 Å². The van der Waals surface area contributed by atoms with Crippen molar-refractivity contribution < 1.29 is 14.6 Å². The first-order chi connectivity index (χ1) is 11.6. The zero-order chi connectivity index (χ0) is 16.7. The molecule has 0 radical (unpaired) electrons. The summed E-state index contributed by atoms with van der Waals surface area (Å²) in [5, 5.41) is 12.9. The van der Waals surface area contributed by atoms with Gasteiger partial charge in [-0.2, -0.15) is 0 Å². The van der Waals surface area contributed by atoms with Gasteiger partial charge in [0.2, 0.25) is 5.91 Å². The van der Waals surface area contributed by atoms with E-state index >= 15 is 0 Å². The second kappa shape index (κ2) is 6.54. The molecule has 0 bridgehead atoms. The number of hydrogen-bond donors (Lipinski definition) is 2. The SMILES string of the molecule is O=C(Cc1ccc(O)c(Cl)c1)N[C@H]1C[C@H]2CO[C@@H](C3CC3)CN2C1. The van der Waals surface area contributed by atoms with E-state index < -0.39 is 0 Å². The Labute approximate surface area is 146 Å². The third kappa shape index (κ3) is 3.53. The highest BCUT2D eigenvalue weighted by Crippen LogP contribution is 2.37. The van der Waals surface area contributed by atoms with Gasteiger partial charge in [0, 0.05) is 25.2 Å². The van der Waals surface area contributed by atoms with Crippen LogP contribution in [0.3, 0.4) is 0 Å². The number of rotatable bonds is 4. The fourth-order valence-electron chi connectivity index (χ4n) is 3.88. The zero-order valence-corrected chi connectivity index (χ0v) is 14.3. The molecule has 1 amide bonds. The molecular formula is C18H23ClN2O3. The van der Waals surface area contributed by atoms with Gasteiger partial charge >= 0.3 is 0 Å². The molecule has 3 atom stereocenters. The fraction of sp³-hybridized carbons (Fsp3) is 0.611. The van der Waals surface area contributed by atoms with Crippen LogP contribution in [0.1, 0.15) is 24.8 Å². The predicted octanol–water partition coefficient (Wildman–Crippen LogP) is 1.96. The van der Waals surface area contributed by atoms with Crippen LogP contribution in [0, 0.1) is 5.92 Å². The molecule has 1 aromatic rings. The van der Waals surface area contributed by atoms with E-state index in [0.29, 0.717) is 12.1 Å². The van der Waals surface area contributed by atoms with Crippen LogP contribution in [-0.4, -0.2) is 53.8 Å². The lowest BCUT2D eigenvalue weighted by Gasteiger charge is -2.35. The fourth-order valence-corrected chi connectivity index (χ4v) is 4.09. The van der Waals surface area contributed by atoms with Crippen molar-refractivity contribution in [1.29, 1.82) is 0 Å². The molecule has 0 unspecified atom stereocenters. The molecule has 130 valence electrons. The van der Waals surface area contributed by atoms with Crippen LogP contribution in [0.2, 0.25) is 5.02 Å². The summed E-state index contributed by atoms with van der Waals surface area (Å²) in [6, 6.07) is 5.52. The molecule has 2 saturated heterocycles. The molecule has 3 aliphatic rings. The van der Waals surface area contributed by atoms with Crippen LogP contribution < -0.4 is 5.32 Å². The monoisotopic (exact) mass is 350 g/mol. The minimum absolute atomic E-state index is 0.00117. The van der Waals surface area contributed by atoms with Crippen LogP contribution in [-0.2, 0) is 16.0 Å². The molecule has 3 fully saturated rings. The van der Waals surface area contributed by atoms with Gasteiger partial charge in [0.25, 0.3) is 0 Å². The molecule has 0 aromatic heterocycles. The van der Waals surface area contributed by atoms with E-state index in [1.165, 1.54) is 18.9 Å². The lowest BCUT2D eigenvalue weighted by molar-refractivity contribution is -0.121. The average Bonchev–Trinajstić information content (AvgIpc) is 3.31. The van der Waals surface area contributed by atoms with Gasteiger partial charge in [-0.3, -0.25) is 9.69 Å². The van der Waals surface area contributed by atoms with Crippen LogP contribution in [0.25, 0.3) is 0 Å². The number of amides is 1. The minimum atomic E-state index is 0.00117. The number of fused-ring (bicyclic) bond motifs is 1. The van der Waals surface area contributed by atoms with Crippen molar-refractivity contribution in [2.45, 2.75) is 43.9 Å². The van der Waals surface area contributed by atoms with E-state index in [1.807, 2.05) is 0 Å². The van der Waals surface area contributed by atoms with Crippen LogP contribution in [0.5, 0.6) is 5.75 Å². The molecule has 2 N–H and O–H groups in total. The van der Waals surface area contributed by atoms with Crippen molar-refractivity contribution in [3.63, 3.8) is 0 Å². The summed E-state index contributed by atoms with van der Waals surface area (Å²) in [5.41, 5.74) is 0.808. The smallest absolute Gasteiger partial charge is 0.224 e. The van der Waals surface area contributed by atoms with E-state index in [-0.39, 0.29) is 29.1 Å². The standard InChI is InChI=1S/C18H23ClN2O3/c19-15-5-11(1-4-16(15)22)6-18(23)20-13-7-14-10-24-17(12-2-3-12)9-21(14)8-13/h1,4-5,12-14,17,22H,2-3,6-10H2,(H,20,23)/t13-,14-,17+/m0/s1. The number of phenols is 1. The van der Waals surface area contributed by atoms with Crippen molar-refractivity contribution in [3.05, 3.63) is 28.8 Å². The van der Waals surface area contributed by atoms with E-state index in [0.717, 1.165) is 37.6 Å². The van der Waals surface area contributed by atoms with Gasteiger partial charge in [0.1, 0.15) is 5.75 Å². The highest BCUT2D eigenvalue weighted by molar-refractivity contribution is 6.32. The van der Waals surface area contributed by atoms with Crippen LogP contribution in [0.15, 0.2) is 18.2 Å². The quantitative estimate of drug-likeness (QED) is 0.871. The number of ether oxygens (including phenoxy) is 1. The van der Waals surface area contributed by atoms with Crippen molar-refractivity contribution in [1.82, 2.24) is 10.2 Å². The van der Waals surface area contributed by atoms with Crippen LogP contribution >= 0.6 is 11.6 Å². The van der Waals surface area contributed by atoms with Crippen molar-refractivity contribution in [2.24, 2.45) is 5.92 Å². The highest BCUT2D eigenvalue weighted by Gasteiger charge is 2.42. The number of phenolic OH excluding ortho intramolecular Hbond substituents is 1. The molecule has 2 heterocycles. The third-order valence-electron chi connectivity index (χ3n) is 5.33. The lowest BCUT2D eigenvalue weighted by Crippen LogP contribution is -2.47. The first-order valence-electron chi connectivity index (χ1n) is 8.71. The average molecular weight is 351 g/mol. The van der Waals surface area contributed by atoms with Crippen molar-refractivity contribution in [3.8, 4) is 5.75 Å². The van der Waals surface area contributed by atoms with Gasteiger partial charge < -0.3 is 15.2 Å². The molecule has 2 aliphatic heterocycles. The number of aromatic hydroxyl groups is 1. The Bertz CT molecular complexity index is 635. The number of benzene rings is 1. The van der Waals surface area contributed by atoms with Gasteiger partial charge in [-0.25, -0.2) is 0 Å². The van der Waals surface area contributed by atoms with Crippen molar-refractivity contribution in [2.75, 3.05) is 19.7 Å². The number of morpholine rings is 1. The molecule has 24 heavy (non-hydrogen) atoms. The summed E-state index contributed by atoms with van der Waals surface area (Å²) < 4.78 is 6.00. The summed E-state index contributed by atoms with van der Waals surface area (Å²) >= 11 is 5.89. The van der Waals surface area contributed by atoms with E-state index in [9.17, 15) is 9.90 Å². The summed E-state index contributed by atoms with van der Waals surface area (Å²) in [6.07, 6.45) is 4.24. The Morgan fingerprint density at radius 2 is 2.21 bits per heavy atom. The molecule has 1 saturated carbocycles. The Hall–Kier alpha value is -1.30. The number of carbonyl (C=O) groups excluding carboxylic acids is 1. The Morgan fingerprint density at radius 3 is 2.96 bits per heavy atom. The van der Waals surface area contributed by atoms with E-state index in [1.54, 1.807) is 12.1 Å². The largest absolute Gasteiger partial charge is 0.506 e. The Balaban J connectivity index is 1.29. The maximum Gasteiger partial charge on any atom is 0.224 e. The number of hydrogen-bond acceptors (Lipinski definition) is 4. The number of nitrogens with one attached hydrogen (secondary N) is 1. The molecule has 1 aromatic carbocycles. The lowest BCUT2D eigenvalue weighted by atomic mass is 10.1. The maximum atomic E-state index is 12.3. The molecule has 0 spiro atoms. The topological polar surface area (TPSA) is 61.8 Å². The molecular weight excluding hydrogens is 328 g/mol. The van der Waals surface area contributed by atoms with Gasteiger partial charge in [0.15, 0.2) is 0 Å². The minimum Gasteiger partial charge on any atom is -0.506 e. The second-order valence-corrected chi connectivity index (χ2v) is 7.69. The summed E-state index contributed by atoms with van der Waals surface area (Å²) in [4.78, 5) is 14.8. The molecule has 1 aliphatic carbocycles. The molecule has 6 heteroatoms. The van der Waals surface area contributed by atoms with Gasteiger partial charge in [-0.05, 0) is 42.9 Å². The summed E-state index contributed by atoms with van der Waals surface area (Å²) in [7, 11) is 0. The summed E-state index contributed by atoms with van der Waals surface area (Å²) in [6.45, 7) is 2.72. The van der Waals surface area contributed by atoms with Gasteiger partial charge in [-0.15, -0.1) is 0 Å². The van der Waals surface area contributed by atoms with Crippen molar-refractivity contribution >= 4 is 17.5 Å². The normalized spacial score (nSPS) is 30.1. The Morgan fingerprint density at radius 1 is 1.38 bits per heavy atom. The molecule has 5 nitrogen and oxygen atoms in total. The maximum absolute atomic E-state index is 12.3. The highest BCUT2D eigenvalue weighted by atomic mass is 35.5. The number of halogens is 1. The first-order valence-corrected chi connectivity index (χ1v) is 9.08. The number of nitrogens with zero attached hydrogens (tertiary/aromatic N) is 1. The predicted molar refractivity (Wildman–Crippen MR) is 91.2 cm³/mol. The van der Waals surface area contributed by atoms with Crippen LogP contribution in [0.4, 0.5) is 0 Å². The zero-order valence-electron chi connectivity index (χ0n) is 13.6. The summed E-state index contributed by atoms with van der Waals surface area (Å²) in [5.74, 6) is 0.804. The van der Waals surface area contributed by atoms with Gasteiger partial charge in [0.05, 0.1) is 24.2 Å². The Kier molecular flexibility index (Phi) is 4.41. The van der Waals surface area contributed by atoms with E-state index in [2.05, 4.69) is 10.2 Å². The number of carbonyl (C=O) groups is 1. The second-order valence-electron chi connectivity index (χ2n) is 7.28. The first kappa shape index (κ1) is 16.2. The molecule has 4 rings (SSSR count).